The molecule has 0 bridgehead atoms. The maximum absolute atomic E-state index is 13.7. The Bertz CT molecular complexity index is 1410. The Kier molecular flexibility index (Phi) is 8.59. The van der Waals surface area contributed by atoms with Crippen LogP contribution in [0, 0.1) is 10.1 Å². The van der Waals surface area contributed by atoms with Crippen molar-refractivity contribution in [3.8, 4) is 5.75 Å². The Morgan fingerprint density at radius 2 is 1.82 bits per heavy atom. The van der Waals surface area contributed by atoms with Crippen LogP contribution in [0.2, 0.25) is 0 Å². The third kappa shape index (κ3) is 6.35. The first-order chi connectivity index (χ1) is 19.2. The first-order valence-corrected chi connectivity index (χ1v) is 12.9. The van der Waals surface area contributed by atoms with Crippen LogP contribution >= 0.6 is 11.3 Å². The predicted octanol–water partition coefficient (Wildman–Crippen LogP) is 3.31. The number of amides is 4. The van der Waals surface area contributed by atoms with Gasteiger partial charge in [-0.2, -0.15) is 0 Å². The van der Waals surface area contributed by atoms with Crippen LogP contribution in [-0.4, -0.2) is 70.0 Å². The van der Waals surface area contributed by atoms with Gasteiger partial charge in [0.2, 0.25) is 0 Å². The number of aliphatic carboxylic acids is 1. The summed E-state index contributed by atoms with van der Waals surface area (Å²) in [6.07, 6.45) is -2.00. The lowest BCUT2D eigenvalue weighted by atomic mass is 10.0. The van der Waals surface area contributed by atoms with Gasteiger partial charge in [-0.05, 0) is 41.3 Å². The number of nitro benzene ring substituents is 1. The van der Waals surface area contributed by atoms with E-state index in [-0.39, 0.29) is 24.3 Å². The summed E-state index contributed by atoms with van der Waals surface area (Å²) in [7, 11) is 1.51. The van der Waals surface area contributed by atoms with E-state index in [0.717, 1.165) is 0 Å². The fourth-order valence-electron chi connectivity index (χ4n) is 4.28. The van der Waals surface area contributed by atoms with Crippen molar-refractivity contribution in [1.29, 1.82) is 0 Å². The van der Waals surface area contributed by atoms with Gasteiger partial charge < -0.3 is 25.4 Å². The molecule has 1 saturated heterocycles. The minimum Gasteiger partial charge on any atom is -0.497 e. The molecule has 2 heterocycles. The molecule has 2 aromatic carbocycles. The van der Waals surface area contributed by atoms with Crippen LogP contribution in [0.1, 0.15) is 27.7 Å². The topological polar surface area (TPSA) is 171 Å². The number of rotatable bonds is 9. The van der Waals surface area contributed by atoms with E-state index in [9.17, 15) is 34.4 Å². The number of non-ortho nitro benzene ring substituents is 1. The molecule has 1 aliphatic rings. The number of hydrogen-bond donors (Lipinski definition) is 3. The molecular formula is C26H25N5O8S. The molecule has 2 atom stereocenters. The van der Waals surface area contributed by atoms with E-state index < -0.39 is 47.4 Å². The third-order valence-electron chi connectivity index (χ3n) is 6.18. The van der Waals surface area contributed by atoms with Crippen molar-refractivity contribution in [3.05, 3.63) is 86.6 Å². The number of carboxylic acids is 1. The van der Waals surface area contributed by atoms with E-state index >= 15 is 0 Å². The number of thiophene rings is 1. The van der Waals surface area contributed by atoms with Crippen molar-refractivity contribution in [2.45, 2.75) is 18.6 Å². The van der Waals surface area contributed by atoms with Crippen molar-refractivity contribution in [1.82, 2.24) is 15.1 Å². The van der Waals surface area contributed by atoms with Crippen LogP contribution in [0.4, 0.5) is 16.2 Å². The standard InChI is InChI=1S/C26H25N5O8S/c1-39-19-9-7-17(8-10-19)27-26(36)30-12-11-29(25(35)21-6-3-13-40-21)24(30)23(34)28-20(15-22(32)33)16-4-2-5-18(14-16)31(37)38/h2-10,13-14,20,24H,11-12,15H2,1H3,(H,27,36)(H,28,34)(H,32,33). The molecular weight excluding hydrogens is 542 g/mol. The van der Waals surface area contributed by atoms with Crippen molar-refractivity contribution in [2.24, 2.45) is 0 Å². The number of carbonyl (C=O) groups is 4. The number of ether oxygens (including phenoxy) is 1. The number of nitro groups is 1. The van der Waals surface area contributed by atoms with Crippen LogP contribution in [0.25, 0.3) is 0 Å². The maximum Gasteiger partial charge on any atom is 0.323 e. The number of benzene rings is 2. The van der Waals surface area contributed by atoms with Gasteiger partial charge in [-0.15, -0.1) is 11.3 Å². The highest BCUT2D eigenvalue weighted by atomic mass is 32.1. The molecule has 1 fully saturated rings. The number of methoxy groups -OCH3 is 1. The van der Waals surface area contributed by atoms with E-state index in [1.165, 1.54) is 52.5 Å². The lowest BCUT2D eigenvalue weighted by Gasteiger charge is -2.30. The molecule has 3 aromatic rings. The fourth-order valence-corrected chi connectivity index (χ4v) is 4.96. The maximum atomic E-state index is 13.7. The summed E-state index contributed by atoms with van der Waals surface area (Å²) in [6.45, 7) is 0.0723. The average molecular weight is 568 g/mol. The Morgan fingerprint density at radius 1 is 1.10 bits per heavy atom. The largest absolute Gasteiger partial charge is 0.497 e. The SMILES string of the molecule is COc1ccc(NC(=O)N2CCN(C(=O)c3cccs3)C2C(=O)NC(CC(=O)O)c2cccc([N+](=O)[O-])c2)cc1. The molecule has 4 amide bonds. The first kappa shape index (κ1) is 28.0. The van der Waals surface area contributed by atoms with E-state index in [0.29, 0.717) is 16.3 Å². The van der Waals surface area contributed by atoms with Gasteiger partial charge in [-0.1, -0.05) is 18.2 Å². The zero-order valence-electron chi connectivity index (χ0n) is 21.2. The molecule has 40 heavy (non-hydrogen) atoms. The zero-order valence-corrected chi connectivity index (χ0v) is 22.0. The number of carbonyl (C=O) groups excluding carboxylic acids is 3. The van der Waals surface area contributed by atoms with Gasteiger partial charge in [-0.3, -0.25) is 29.4 Å². The summed E-state index contributed by atoms with van der Waals surface area (Å²) >= 11 is 1.18. The molecule has 1 aliphatic heterocycles. The second-order valence-corrected chi connectivity index (χ2v) is 9.66. The molecule has 3 N–H and O–H groups in total. The van der Waals surface area contributed by atoms with Crippen molar-refractivity contribution in [3.63, 3.8) is 0 Å². The molecule has 14 heteroatoms. The van der Waals surface area contributed by atoms with Crippen LogP contribution < -0.4 is 15.4 Å². The molecule has 0 saturated carbocycles. The number of urea groups is 1. The van der Waals surface area contributed by atoms with Crippen molar-refractivity contribution in [2.75, 3.05) is 25.5 Å². The summed E-state index contributed by atoms with van der Waals surface area (Å²) in [5.41, 5.74) is 0.333. The Morgan fingerprint density at radius 3 is 2.45 bits per heavy atom. The zero-order chi connectivity index (χ0) is 28.8. The smallest absolute Gasteiger partial charge is 0.323 e. The van der Waals surface area contributed by atoms with Crippen LogP contribution in [0.5, 0.6) is 5.75 Å². The van der Waals surface area contributed by atoms with Gasteiger partial charge in [0.25, 0.3) is 17.5 Å². The van der Waals surface area contributed by atoms with Crippen molar-refractivity contribution < 1.29 is 33.9 Å². The minimum absolute atomic E-state index is 0.0254. The molecule has 13 nitrogen and oxygen atoms in total. The quantitative estimate of drug-likeness (QED) is 0.261. The Labute approximate surface area is 232 Å². The molecule has 208 valence electrons. The average Bonchev–Trinajstić information content (AvgIpc) is 3.63. The molecule has 0 aliphatic carbocycles. The fraction of sp³-hybridized carbons (Fsp3) is 0.231. The third-order valence-corrected chi connectivity index (χ3v) is 7.04. The van der Waals surface area contributed by atoms with E-state index in [1.807, 2.05) is 0 Å². The highest BCUT2D eigenvalue weighted by Crippen LogP contribution is 2.26. The van der Waals surface area contributed by atoms with Gasteiger partial charge in [-0.25, -0.2) is 4.79 Å². The van der Waals surface area contributed by atoms with Crippen LogP contribution in [0.15, 0.2) is 66.0 Å². The summed E-state index contributed by atoms with van der Waals surface area (Å²) in [4.78, 5) is 65.3. The number of carboxylic acid groups (broad SMARTS) is 1. The Balaban J connectivity index is 1.63. The highest BCUT2D eigenvalue weighted by molar-refractivity contribution is 7.12. The summed E-state index contributed by atoms with van der Waals surface area (Å²) in [5.74, 6) is -1.97. The lowest BCUT2D eigenvalue weighted by Crippen LogP contribution is -2.55. The van der Waals surface area contributed by atoms with Gasteiger partial charge in [0.05, 0.1) is 29.4 Å². The summed E-state index contributed by atoms with van der Waals surface area (Å²) in [6, 6.07) is 13.2. The lowest BCUT2D eigenvalue weighted by molar-refractivity contribution is -0.384. The molecule has 1 aromatic heterocycles. The molecule has 4 rings (SSSR count). The van der Waals surface area contributed by atoms with Crippen LogP contribution in [0.3, 0.4) is 0 Å². The predicted molar refractivity (Wildman–Crippen MR) is 144 cm³/mol. The van der Waals surface area contributed by atoms with Crippen LogP contribution in [-0.2, 0) is 9.59 Å². The Hall–Kier alpha value is -4.98. The second-order valence-electron chi connectivity index (χ2n) is 8.71. The number of nitrogens with zero attached hydrogens (tertiary/aromatic N) is 3. The van der Waals surface area contributed by atoms with Gasteiger partial charge in [0, 0.05) is 30.9 Å². The van der Waals surface area contributed by atoms with E-state index in [1.54, 1.807) is 41.8 Å². The number of nitrogens with one attached hydrogen (secondary N) is 2. The van der Waals surface area contributed by atoms with Gasteiger partial charge >= 0.3 is 12.0 Å². The summed E-state index contributed by atoms with van der Waals surface area (Å²) in [5, 5.41) is 27.7. The van der Waals surface area contributed by atoms with Gasteiger partial charge in [0.15, 0.2) is 6.17 Å². The summed E-state index contributed by atoms with van der Waals surface area (Å²) < 4.78 is 5.12. The normalized spacial score (nSPS) is 15.3. The molecule has 2 unspecified atom stereocenters. The molecule has 0 spiro atoms. The van der Waals surface area contributed by atoms with Gasteiger partial charge in [0.1, 0.15) is 5.75 Å². The van der Waals surface area contributed by atoms with E-state index in [4.69, 9.17) is 4.74 Å². The monoisotopic (exact) mass is 567 g/mol. The highest BCUT2D eigenvalue weighted by Gasteiger charge is 2.44. The minimum atomic E-state index is -1.41. The van der Waals surface area contributed by atoms with Crippen molar-refractivity contribution >= 4 is 46.5 Å². The number of anilines is 1. The number of hydrogen-bond acceptors (Lipinski definition) is 8. The van der Waals surface area contributed by atoms with E-state index in [2.05, 4.69) is 10.6 Å². The second kappa shape index (κ2) is 12.3. The first-order valence-electron chi connectivity index (χ1n) is 12.0. The molecule has 0 radical (unpaired) electrons.